The number of carboxylic acids is 1. The van der Waals surface area contributed by atoms with Gasteiger partial charge in [-0.15, -0.1) is 0 Å². The number of benzene rings is 4. The number of aryl methyl sites for hydroxylation is 2. The molecule has 0 aliphatic carbocycles. The number of aliphatic hydroxyl groups excluding tert-OH is 1. The summed E-state index contributed by atoms with van der Waals surface area (Å²) >= 11 is 0. The number of ether oxygens (including phenoxy) is 3. The number of carbonyl (C=O) groups is 2. The third kappa shape index (κ3) is 8.91. The Labute approximate surface area is 300 Å². The van der Waals surface area contributed by atoms with Crippen LogP contribution in [-0.4, -0.2) is 53.3 Å². The van der Waals surface area contributed by atoms with Gasteiger partial charge >= 0.3 is 24.3 Å². The number of aliphatic carboxylic acids is 1. The van der Waals surface area contributed by atoms with E-state index < -0.39 is 53.7 Å². The molecule has 2 aliphatic rings. The number of rotatable bonds is 7. The van der Waals surface area contributed by atoms with E-state index in [1.807, 2.05) is 43.3 Å². The molecule has 0 saturated heterocycles. The second-order valence-corrected chi connectivity index (χ2v) is 12.4. The van der Waals surface area contributed by atoms with Crippen molar-refractivity contribution in [3.05, 3.63) is 141 Å². The molecule has 0 spiro atoms. The topological polar surface area (TPSA) is 102 Å². The van der Waals surface area contributed by atoms with Crippen LogP contribution in [0.4, 0.5) is 26.3 Å². The molecule has 2 N–H and O–H groups in total. The highest BCUT2D eigenvalue weighted by molar-refractivity contribution is 5.97. The first-order valence-corrected chi connectivity index (χ1v) is 16.3. The molecule has 13 heteroatoms. The molecule has 2 aliphatic heterocycles. The molecule has 6 rings (SSSR count). The van der Waals surface area contributed by atoms with Gasteiger partial charge in [-0.2, -0.15) is 26.3 Å². The molecule has 3 unspecified atom stereocenters. The van der Waals surface area contributed by atoms with Crippen molar-refractivity contribution in [1.82, 2.24) is 0 Å². The number of aliphatic hydroxyl groups is 1. The highest BCUT2D eigenvalue weighted by Crippen LogP contribution is 2.43. The lowest BCUT2D eigenvalue weighted by Crippen LogP contribution is -2.41. The molecule has 0 bridgehead atoms. The second-order valence-electron chi connectivity index (χ2n) is 12.4. The molecule has 4 aromatic carbocycles. The van der Waals surface area contributed by atoms with E-state index in [9.17, 15) is 41.0 Å². The van der Waals surface area contributed by atoms with Gasteiger partial charge < -0.3 is 24.4 Å². The Morgan fingerprint density at radius 1 is 0.755 bits per heavy atom. The Hall–Kier alpha value is -5.56. The van der Waals surface area contributed by atoms with Gasteiger partial charge in [-0.25, -0.2) is 9.59 Å². The van der Waals surface area contributed by atoms with E-state index >= 15 is 0 Å². The minimum absolute atomic E-state index is 0.0132. The summed E-state index contributed by atoms with van der Waals surface area (Å²) in [6.07, 6.45) is -13.2. The van der Waals surface area contributed by atoms with Gasteiger partial charge in [-0.3, -0.25) is 0 Å². The minimum Gasteiger partial charge on any atom is -0.478 e. The molecule has 53 heavy (non-hydrogen) atoms. The van der Waals surface area contributed by atoms with Gasteiger partial charge in [0, 0.05) is 23.1 Å². The Morgan fingerprint density at radius 2 is 1.26 bits per heavy atom. The fourth-order valence-electron chi connectivity index (χ4n) is 6.06. The number of hydrogen-bond donors (Lipinski definition) is 2. The van der Waals surface area contributed by atoms with Crippen LogP contribution < -0.4 is 9.47 Å². The van der Waals surface area contributed by atoms with E-state index in [0.29, 0.717) is 28.7 Å². The summed E-state index contributed by atoms with van der Waals surface area (Å²) in [7, 11) is 0. The maximum atomic E-state index is 13.6. The summed E-state index contributed by atoms with van der Waals surface area (Å²) in [4.78, 5) is 23.3. The van der Waals surface area contributed by atoms with Crippen molar-refractivity contribution in [2.24, 2.45) is 0 Å². The first kappa shape index (κ1) is 38.7. The van der Waals surface area contributed by atoms with Gasteiger partial charge in [0.05, 0.1) is 17.8 Å². The summed E-state index contributed by atoms with van der Waals surface area (Å²) in [5.74, 6) is -2.74. The second kappa shape index (κ2) is 15.6. The van der Waals surface area contributed by atoms with Crippen molar-refractivity contribution in [3.63, 3.8) is 0 Å². The van der Waals surface area contributed by atoms with Crippen LogP contribution in [-0.2, 0) is 20.7 Å². The largest absolute Gasteiger partial charge is 0.478 e. The molecule has 4 aromatic rings. The molecular weight excluding hydrogens is 706 g/mol. The van der Waals surface area contributed by atoms with E-state index in [-0.39, 0.29) is 29.2 Å². The zero-order chi connectivity index (χ0) is 38.7. The van der Waals surface area contributed by atoms with E-state index in [2.05, 4.69) is 0 Å². The predicted molar refractivity (Wildman–Crippen MR) is 183 cm³/mol. The first-order valence-electron chi connectivity index (χ1n) is 16.3. The molecule has 0 fully saturated rings. The standard InChI is InChI=1S/C21H19F3O3.C19H15F3O4/c1-3-26-20(25)17-12-16-10-13(2)9-15(11-14-7-5-4-6-8-14)18(16)27-19(17)21(22,23)24;1-10-7-12-9-14(18(24)25)17(19(20,21)22)26-16(12)13(8-10)15(23)11-5-3-2-4-6-11/h4-10,12,19H,3,11H2,1-2H3;2-9,15,17,23H,1H3,(H,24,25). The van der Waals surface area contributed by atoms with Gasteiger partial charge in [-0.05, 0) is 78.9 Å². The molecule has 278 valence electrons. The maximum absolute atomic E-state index is 13.6. The third-order valence-electron chi connectivity index (χ3n) is 8.29. The normalized spacial score (nSPS) is 16.9. The van der Waals surface area contributed by atoms with E-state index in [1.165, 1.54) is 18.2 Å². The molecular formula is C40H34F6O7. The molecule has 0 radical (unpaired) electrons. The summed E-state index contributed by atoms with van der Waals surface area (Å²) in [5, 5.41) is 19.8. The number of carboxylic acid groups (broad SMARTS) is 1. The Morgan fingerprint density at radius 3 is 1.83 bits per heavy atom. The molecule has 0 saturated carbocycles. The average Bonchev–Trinajstić information content (AvgIpc) is 3.10. The predicted octanol–water partition coefficient (Wildman–Crippen LogP) is 8.72. The van der Waals surface area contributed by atoms with Crippen molar-refractivity contribution in [3.8, 4) is 11.5 Å². The number of esters is 1. The lowest BCUT2D eigenvalue weighted by atomic mass is 9.92. The van der Waals surface area contributed by atoms with E-state index in [0.717, 1.165) is 17.2 Å². The fraction of sp³-hybridized carbons (Fsp3) is 0.250. The maximum Gasteiger partial charge on any atom is 0.430 e. The Bertz CT molecular complexity index is 2040. The molecule has 3 atom stereocenters. The summed E-state index contributed by atoms with van der Waals surface area (Å²) in [5.41, 5.74) is 2.97. The molecule has 2 heterocycles. The van der Waals surface area contributed by atoms with Crippen LogP contribution in [0.2, 0.25) is 0 Å². The molecule has 7 nitrogen and oxygen atoms in total. The lowest BCUT2D eigenvalue weighted by molar-refractivity contribution is -0.188. The van der Waals surface area contributed by atoms with Gasteiger partial charge in [0.2, 0.25) is 12.2 Å². The summed E-state index contributed by atoms with van der Waals surface area (Å²) < 4.78 is 95.7. The summed E-state index contributed by atoms with van der Waals surface area (Å²) in [6.45, 7) is 5.08. The van der Waals surface area contributed by atoms with Gasteiger partial charge in [0.1, 0.15) is 17.6 Å². The van der Waals surface area contributed by atoms with Crippen LogP contribution in [0.25, 0.3) is 12.2 Å². The van der Waals surface area contributed by atoms with Gasteiger partial charge in [-0.1, -0.05) is 66.7 Å². The van der Waals surface area contributed by atoms with Crippen LogP contribution in [0.1, 0.15) is 57.5 Å². The van der Waals surface area contributed by atoms with Crippen molar-refractivity contribution < 1.29 is 60.4 Å². The molecule has 0 amide bonds. The number of carbonyl (C=O) groups excluding carboxylic acids is 1. The smallest absolute Gasteiger partial charge is 0.430 e. The molecule has 0 aromatic heterocycles. The minimum atomic E-state index is -4.90. The highest BCUT2D eigenvalue weighted by atomic mass is 19.4. The Balaban J connectivity index is 0.000000204. The van der Waals surface area contributed by atoms with Crippen molar-refractivity contribution in [2.75, 3.05) is 6.61 Å². The van der Waals surface area contributed by atoms with Crippen molar-refractivity contribution in [1.29, 1.82) is 0 Å². The van der Waals surface area contributed by atoms with Crippen molar-refractivity contribution >= 4 is 24.1 Å². The number of alkyl halides is 6. The fourth-order valence-corrected chi connectivity index (χ4v) is 6.06. The number of hydrogen-bond acceptors (Lipinski definition) is 6. The quantitative estimate of drug-likeness (QED) is 0.144. The SMILES string of the molecule is CCOC(=O)C1=Cc2cc(C)cc(Cc3ccccc3)c2OC1C(F)(F)F.Cc1cc2c(c(C(O)c3ccccc3)c1)OC(C(F)(F)F)C(C(=O)O)=C2. The number of fused-ring (bicyclic) bond motifs is 2. The zero-order valence-electron chi connectivity index (χ0n) is 28.6. The average molecular weight is 741 g/mol. The van der Waals surface area contributed by atoms with Crippen LogP contribution in [0.5, 0.6) is 11.5 Å². The van der Waals surface area contributed by atoms with Crippen LogP contribution in [0.3, 0.4) is 0 Å². The first-order chi connectivity index (χ1) is 25.0. The highest BCUT2D eigenvalue weighted by Gasteiger charge is 2.50. The van der Waals surface area contributed by atoms with Crippen molar-refractivity contribution in [2.45, 2.75) is 57.9 Å². The van der Waals surface area contributed by atoms with E-state index in [4.69, 9.17) is 19.3 Å². The summed E-state index contributed by atoms with van der Waals surface area (Å²) in [6, 6.07) is 24.4. The third-order valence-corrected chi connectivity index (χ3v) is 8.29. The van der Waals surface area contributed by atoms with Crippen LogP contribution in [0.15, 0.2) is 96.1 Å². The number of halogens is 6. The van der Waals surface area contributed by atoms with Gasteiger partial charge in [0.25, 0.3) is 0 Å². The lowest BCUT2D eigenvalue weighted by Gasteiger charge is -2.30. The monoisotopic (exact) mass is 740 g/mol. The Kier molecular flexibility index (Phi) is 11.4. The van der Waals surface area contributed by atoms with Gasteiger partial charge in [0.15, 0.2) is 0 Å². The zero-order valence-corrected chi connectivity index (χ0v) is 28.6. The van der Waals surface area contributed by atoms with Crippen LogP contribution in [0, 0.1) is 13.8 Å². The van der Waals surface area contributed by atoms with E-state index in [1.54, 1.807) is 50.2 Å². The van der Waals surface area contributed by atoms with Crippen LogP contribution >= 0.6 is 0 Å².